The van der Waals surface area contributed by atoms with Crippen molar-refractivity contribution in [2.24, 2.45) is 0 Å². The van der Waals surface area contributed by atoms with E-state index in [0.29, 0.717) is 18.6 Å². The molecular weight excluding hydrogens is 266 g/mol. The molecule has 0 saturated carbocycles. The second-order valence-corrected chi connectivity index (χ2v) is 6.72. The van der Waals surface area contributed by atoms with Crippen molar-refractivity contribution in [2.75, 3.05) is 13.1 Å². The van der Waals surface area contributed by atoms with Gasteiger partial charge in [0.2, 0.25) is 0 Å². The van der Waals surface area contributed by atoms with Gasteiger partial charge in [0.1, 0.15) is 5.60 Å². The minimum Gasteiger partial charge on any atom is -0.444 e. The fourth-order valence-corrected chi connectivity index (χ4v) is 2.89. The van der Waals surface area contributed by atoms with Gasteiger partial charge in [-0.05, 0) is 59.2 Å². The van der Waals surface area contributed by atoms with Crippen molar-refractivity contribution in [3.8, 4) is 0 Å². The summed E-state index contributed by atoms with van der Waals surface area (Å²) in [6.07, 6.45) is 3.91. The number of aromatic amines is 1. The van der Waals surface area contributed by atoms with Crippen LogP contribution in [0.15, 0.2) is 18.3 Å². The first-order valence-electron chi connectivity index (χ1n) is 7.73. The van der Waals surface area contributed by atoms with Crippen molar-refractivity contribution < 1.29 is 9.53 Å². The third-order valence-electron chi connectivity index (χ3n) is 3.87. The highest BCUT2D eigenvalue weighted by molar-refractivity contribution is 5.67. The lowest BCUT2D eigenvalue weighted by molar-refractivity contribution is 0.0507. The number of carbonyl (C=O) groups is 1. The molecule has 5 heteroatoms. The molecule has 0 spiro atoms. The summed E-state index contributed by atoms with van der Waals surface area (Å²) >= 11 is 0. The maximum atomic E-state index is 11.8. The Kier molecular flexibility index (Phi) is 4.93. The summed E-state index contributed by atoms with van der Waals surface area (Å²) in [5.41, 5.74) is 0.774. The quantitative estimate of drug-likeness (QED) is 0.897. The number of alkyl carbamates (subject to hydrolysis) is 1. The van der Waals surface area contributed by atoms with Gasteiger partial charge in [-0.25, -0.2) is 4.79 Å². The van der Waals surface area contributed by atoms with E-state index >= 15 is 0 Å². The van der Waals surface area contributed by atoms with Crippen molar-refractivity contribution in [3.05, 3.63) is 24.0 Å². The number of carbonyl (C=O) groups excluding carboxylic acids is 1. The van der Waals surface area contributed by atoms with Gasteiger partial charge < -0.3 is 15.0 Å². The number of likely N-dealkylation sites (tertiary alicyclic amines) is 1. The highest BCUT2D eigenvalue weighted by atomic mass is 16.6. The largest absolute Gasteiger partial charge is 0.444 e. The van der Waals surface area contributed by atoms with Crippen LogP contribution in [0.2, 0.25) is 0 Å². The van der Waals surface area contributed by atoms with E-state index in [9.17, 15) is 4.79 Å². The molecule has 2 N–H and O–H groups in total. The van der Waals surface area contributed by atoms with Crippen molar-refractivity contribution in [1.29, 1.82) is 0 Å². The topological polar surface area (TPSA) is 57.4 Å². The number of hydrogen-bond acceptors (Lipinski definition) is 3. The van der Waals surface area contributed by atoms with Crippen LogP contribution in [0.3, 0.4) is 0 Å². The zero-order chi connectivity index (χ0) is 15.5. The van der Waals surface area contributed by atoms with Crippen molar-refractivity contribution in [1.82, 2.24) is 15.2 Å². The van der Waals surface area contributed by atoms with E-state index in [1.807, 2.05) is 33.0 Å². The smallest absolute Gasteiger partial charge is 0.407 e. The Bertz CT molecular complexity index is 451. The average Bonchev–Trinajstić information content (AvgIpc) is 3.05. The lowest BCUT2D eigenvalue weighted by Gasteiger charge is -2.30. The van der Waals surface area contributed by atoms with Crippen molar-refractivity contribution >= 4 is 6.09 Å². The van der Waals surface area contributed by atoms with Crippen LogP contribution < -0.4 is 5.32 Å². The van der Waals surface area contributed by atoms with Gasteiger partial charge in [0.05, 0.1) is 0 Å². The SMILES string of the molecule is C[C@H](c1ccc[nH]1)N1CCC[C@H]1CNC(=O)OC(C)(C)C. The Morgan fingerprint density at radius 3 is 2.95 bits per heavy atom. The molecule has 0 aromatic carbocycles. The normalized spacial score (nSPS) is 21.2. The molecule has 2 rings (SSSR count). The highest BCUT2D eigenvalue weighted by Crippen LogP contribution is 2.27. The summed E-state index contributed by atoms with van der Waals surface area (Å²) in [7, 11) is 0. The molecule has 1 aromatic rings. The molecule has 1 saturated heterocycles. The monoisotopic (exact) mass is 293 g/mol. The van der Waals surface area contributed by atoms with Crippen LogP contribution in [0.25, 0.3) is 0 Å². The highest BCUT2D eigenvalue weighted by Gasteiger charge is 2.30. The van der Waals surface area contributed by atoms with E-state index in [1.54, 1.807) is 0 Å². The van der Waals surface area contributed by atoms with E-state index in [0.717, 1.165) is 13.0 Å². The van der Waals surface area contributed by atoms with Crippen LogP contribution >= 0.6 is 0 Å². The third kappa shape index (κ3) is 4.49. The summed E-state index contributed by atoms with van der Waals surface area (Å²) in [5.74, 6) is 0. The molecule has 0 unspecified atom stereocenters. The maximum Gasteiger partial charge on any atom is 0.407 e. The standard InChI is InChI=1S/C16H27N3O2/c1-12(14-8-5-9-17-14)19-10-6-7-13(19)11-18-15(20)21-16(2,3)4/h5,8-9,12-13,17H,6-7,10-11H2,1-4H3,(H,18,20)/t12-,13+/m1/s1. The lowest BCUT2D eigenvalue weighted by atomic mass is 10.1. The van der Waals surface area contributed by atoms with E-state index in [-0.39, 0.29) is 6.09 Å². The zero-order valence-electron chi connectivity index (χ0n) is 13.5. The molecule has 1 aliphatic rings. The molecule has 1 amide bonds. The fraction of sp³-hybridized carbons (Fsp3) is 0.688. The molecule has 1 aromatic heterocycles. The number of nitrogens with zero attached hydrogens (tertiary/aromatic N) is 1. The molecule has 2 atom stereocenters. The average molecular weight is 293 g/mol. The summed E-state index contributed by atoms with van der Waals surface area (Å²) in [5, 5.41) is 2.90. The summed E-state index contributed by atoms with van der Waals surface area (Å²) < 4.78 is 5.29. The van der Waals surface area contributed by atoms with Gasteiger partial charge in [-0.3, -0.25) is 4.90 Å². The zero-order valence-corrected chi connectivity index (χ0v) is 13.5. The molecule has 118 valence electrons. The molecule has 1 fully saturated rings. The number of H-pyrrole nitrogens is 1. The Hall–Kier alpha value is -1.49. The Morgan fingerprint density at radius 1 is 1.57 bits per heavy atom. The van der Waals surface area contributed by atoms with Gasteiger partial charge in [-0.1, -0.05) is 0 Å². The second-order valence-electron chi connectivity index (χ2n) is 6.72. The van der Waals surface area contributed by atoms with E-state index in [2.05, 4.69) is 28.2 Å². The molecular formula is C16H27N3O2. The fourth-order valence-electron chi connectivity index (χ4n) is 2.89. The lowest BCUT2D eigenvalue weighted by Crippen LogP contribution is -2.42. The molecule has 0 bridgehead atoms. The van der Waals surface area contributed by atoms with Crippen LogP contribution in [0, 0.1) is 0 Å². The summed E-state index contributed by atoms with van der Waals surface area (Å²) in [4.78, 5) is 17.5. The molecule has 5 nitrogen and oxygen atoms in total. The predicted molar refractivity (Wildman–Crippen MR) is 83.2 cm³/mol. The first-order valence-corrected chi connectivity index (χ1v) is 7.73. The van der Waals surface area contributed by atoms with Crippen LogP contribution in [-0.4, -0.2) is 40.7 Å². The van der Waals surface area contributed by atoms with Gasteiger partial charge >= 0.3 is 6.09 Å². The third-order valence-corrected chi connectivity index (χ3v) is 3.87. The van der Waals surface area contributed by atoms with Crippen LogP contribution in [0.4, 0.5) is 4.79 Å². The molecule has 0 aliphatic carbocycles. The van der Waals surface area contributed by atoms with Crippen LogP contribution in [0.5, 0.6) is 0 Å². The Morgan fingerprint density at radius 2 is 2.33 bits per heavy atom. The van der Waals surface area contributed by atoms with Crippen molar-refractivity contribution in [2.45, 2.75) is 58.2 Å². The Balaban J connectivity index is 1.86. The van der Waals surface area contributed by atoms with Gasteiger partial charge in [0, 0.05) is 30.5 Å². The van der Waals surface area contributed by atoms with Gasteiger partial charge in [0.15, 0.2) is 0 Å². The number of hydrogen-bond donors (Lipinski definition) is 2. The van der Waals surface area contributed by atoms with Crippen LogP contribution in [-0.2, 0) is 4.74 Å². The van der Waals surface area contributed by atoms with E-state index in [1.165, 1.54) is 12.1 Å². The molecule has 2 heterocycles. The number of aromatic nitrogens is 1. The first-order chi connectivity index (χ1) is 9.87. The number of ether oxygens (including phenoxy) is 1. The first kappa shape index (κ1) is 15.9. The van der Waals surface area contributed by atoms with Gasteiger partial charge in [-0.2, -0.15) is 0 Å². The summed E-state index contributed by atoms with van der Waals surface area (Å²) in [6.45, 7) is 9.55. The summed E-state index contributed by atoms with van der Waals surface area (Å²) in [6, 6.07) is 4.85. The second kappa shape index (κ2) is 6.52. The molecule has 1 aliphatic heterocycles. The predicted octanol–water partition coefficient (Wildman–Crippen LogP) is 3.06. The van der Waals surface area contributed by atoms with E-state index < -0.39 is 5.60 Å². The number of amides is 1. The molecule has 21 heavy (non-hydrogen) atoms. The van der Waals surface area contributed by atoms with Gasteiger partial charge in [-0.15, -0.1) is 0 Å². The minimum atomic E-state index is -0.447. The minimum absolute atomic E-state index is 0.332. The number of rotatable bonds is 4. The maximum absolute atomic E-state index is 11.8. The molecule has 0 radical (unpaired) electrons. The van der Waals surface area contributed by atoms with Gasteiger partial charge in [0.25, 0.3) is 0 Å². The van der Waals surface area contributed by atoms with Crippen molar-refractivity contribution in [3.63, 3.8) is 0 Å². The number of nitrogens with one attached hydrogen (secondary N) is 2. The Labute approximate surface area is 127 Å². The van der Waals surface area contributed by atoms with Crippen LogP contribution in [0.1, 0.15) is 52.3 Å². The van der Waals surface area contributed by atoms with E-state index in [4.69, 9.17) is 4.74 Å².